The van der Waals surface area contributed by atoms with Crippen LogP contribution in [0, 0.1) is 5.82 Å². The smallest absolute Gasteiger partial charge is 0.124 e. The van der Waals surface area contributed by atoms with Crippen molar-refractivity contribution in [3.63, 3.8) is 0 Å². The average Bonchev–Trinajstić information content (AvgIpc) is 2.77. The third kappa shape index (κ3) is 5.01. The molecule has 4 aromatic carbocycles. The van der Waals surface area contributed by atoms with Gasteiger partial charge in [-0.15, -0.1) is 0 Å². The van der Waals surface area contributed by atoms with Gasteiger partial charge in [0, 0.05) is 12.1 Å². The summed E-state index contributed by atoms with van der Waals surface area (Å²) in [6.45, 7) is 2.03. The van der Waals surface area contributed by atoms with E-state index in [1.807, 2.05) is 18.2 Å². The fourth-order valence-electron chi connectivity index (χ4n) is 3.47. The van der Waals surface area contributed by atoms with Gasteiger partial charge in [0.2, 0.25) is 0 Å². The van der Waals surface area contributed by atoms with E-state index < -0.39 is 0 Å². The molecule has 3 heteroatoms. The fraction of sp³-hybridized carbons (Fsp3) is 0.154. The van der Waals surface area contributed by atoms with Gasteiger partial charge < -0.3 is 10.1 Å². The van der Waals surface area contributed by atoms with E-state index in [1.54, 1.807) is 12.1 Å². The van der Waals surface area contributed by atoms with Crippen LogP contribution in [0.4, 0.5) is 4.39 Å². The largest absolute Gasteiger partial charge is 0.489 e. The quantitative estimate of drug-likeness (QED) is 0.382. The minimum atomic E-state index is -0.234. The molecular formula is C26H24FNO. The zero-order chi connectivity index (χ0) is 19.9. The highest BCUT2D eigenvalue weighted by Gasteiger charge is 2.09. The number of hydrogen-bond donors (Lipinski definition) is 1. The lowest BCUT2D eigenvalue weighted by Gasteiger charge is -2.15. The van der Waals surface area contributed by atoms with E-state index in [4.69, 9.17) is 4.74 Å². The van der Waals surface area contributed by atoms with Gasteiger partial charge in [-0.25, -0.2) is 4.39 Å². The molecule has 1 N–H and O–H groups in total. The van der Waals surface area contributed by atoms with Crippen molar-refractivity contribution in [2.45, 2.75) is 19.6 Å². The Hall–Kier alpha value is -3.17. The number of benzene rings is 4. The second kappa shape index (κ2) is 9.35. The highest BCUT2D eigenvalue weighted by molar-refractivity contribution is 5.87. The SMILES string of the molecule is Fc1ccc(COc2ccc3ccccc3c2CNCCc2ccccc2)cc1. The van der Waals surface area contributed by atoms with Crippen LogP contribution in [0.25, 0.3) is 10.8 Å². The first-order valence-electron chi connectivity index (χ1n) is 9.92. The van der Waals surface area contributed by atoms with Crippen molar-refractivity contribution < 1.29 is 9.13 Å². The van der Waals surface area contributed by atoms with Crippen molar-refractivity contribution in [3.8, 4) is 5.75 Å². The Balaban J connectivity index is 1.48. The summed E-state index contributed by atoms with van der Waals surface area (Å²) in [5.41, 5.74) is 3.42. The van der Waals surface area contributed by atoms with Crippen molar-refractivity contribution in [2.75, 3.05) is 6.54 Å². The van der Waals surface area contributed by atoms with Crippen LogP contribution in [0.1, 0.15) is 16.7 Å². The molecule has 0 unspecified atom stereocenters. The predicted molar refractivity (Wildman–Crippen MR) is 117 cm³/mol. The maximum Gasteiger partial charge on any atom is 0.124 e. The van der Waals surface area contributed by atoms with Crippen LogP contribution in [-0.2, 0) is 19.6 Å². The molecule has 0 aliphatic rings. The van der Waals surface area contributed by atoms with Crippen LogP contribution in [0.3, 0.4) is 0 Å². The van der Waals surface area contributed by atoms with Gasteiger partial charge >= 0.3 is 0 Å². The Bertz CT molecular complexity index is 1060. The van der Waals surface area contributed by atoms with E-state index in [2.05, 4.69) is 53.8 Å². The maximum absolute atomic E-state index is 13.1. The summed E-state index contributed by atoms with van der Waals surface area (Å²) < 4.78 is 19.3. The summed E-state index contributed by atoms with van der Waals surface area (Å²) in [6.07, 6.45) is 0.984. The molecule has 2 nitrogen and oxygen atoms in total. The second-order valence-corrected chi connectivity index (χ2v) is 7.09. The molecule has 0 radical (unpaired) electrons. The zero-order valence-corrected chi connectivity index (χ0v) is 16.3. The molecule has 0 saturated heterocycles. The normalized spacial score (nSPS) is 10.9. The van der Waals surface area contributed by atoms with Gasteiger partial charge in [-0.2, -0.15) is 0 Å². The lowest BCUT2D eigenvalue weighted by molar-refractivity contribution is 0.302. The lowest BCUT2D eigenvalue weighted by atomic mass is 10.0. The van der Waals surface area contributed by atoms with Gasteiger partial charge in [0.1, 0.15) is 18.2 Å². The van der Waals surface area contributed by atoms with Gasteiger partial charge in [-0.1, -0.05) is 72.8 Å². The topological polar surface area (TPSA) is 21.3 Å². The predicted octanol–water partition coefficient (Wildman–Crippen LogP) is 5.89. The van der Waals surface area contributed by atoms with Gasteiger partial charge in [-0.05, 0) is 53.1 Å². The van der Waals surface area contributed by atoms with E-state index in [9.17, 15) is 4.39 Å². The molecule has 0 fully saturated rings. The summed E-state index contributed by atoms with van der Waals surface area (Å²) in [4.78, 5) is 0. The highest BCUT2D eigenvalue weighted by Crippen LogP contribution is 2.28. The third-order valence-corrected chi connectivity index (χ3v) is 5.04. The van der Waals surface area contributed by atoms with Crippen molar-refractivity contribution in [1.29, 1.82) is 0 Å². The number of fused-ring (bicyclic) bond motifs is 1. The molecule has 0 aromatic heterocycles. The third-order valence-electron chi connectivity index (χ3n) is 5.04. The summed E-state index contributed by atoms with van der Waals surface area (Å²) in [5.74, 6) is 0.628. The number of nitrogens with one attached hydrogen (secondary N) is 1. The standard InChI is InChI=1S/C26H24FNO/c27-23-13-10-21(11-14-23)19-29-26-15-12-22-8-4-5-9-24(22)25(26)18-28-17-16-20-6-2-1-3-7-20/h1-15,28H,16-19H2. The zero-order valence-electron chi connectivity index (χ0n) is 16.3. The van der Waals surface area contributed by atoms with Gasteiger partial charge in [0.15, 0.2) is 0 Å². The highest BCUT2D eigenvalue weighted by atomic mass is 19.1. The summed E-state index contributed by atoms with van der Waals surface area (Å²) >= 11 is 0. The first-order valence-corrected chi connectivity index (χ1v) is 9.92. The van der Waals surface area contributed by atoms with Crippen LogP contribution in [0.15, 0.2) is 91.0 Å². The monoisotopic (exact) mass is 385 g/mol. The van der Waals surface area contributed by atoms with Crippen LogP contribution < -0.4 is 10.1 Å². The molecule has 0 aliphatic carbocycles. The molecule has 0 heterocycles. The molecule has 0 amide bonds. The van der Waals surface area contributed by atoms with E-state index in [0.717, 1.165) is 36.4 Å². The first-order chi connectivity index (χ1) is 14.3. The van der Waals surface area contributed by atoms with Crippen molar-refractivity contribution in [3.05, 3.63) is 114 Å². The summed E-state index contributed by atoms with van der Waals surface area (Å²) in [6, 6.07) is 29.4. The minimum Gasteiger partial charge on any atom is -0.489 e. The molecule has 0 aliphatic heterocycles. The van der Waals surface area contributed by atoms with E-state index in [0.29, 0.717) is 6.61 Å². The maximum atomic E-state index is 13.1. The number of halogens is 1. The first kappa shape index (κ1) is 19.2. The van der Waals surface area contributed by atoms with E-state index in [-0.39, 0.29) is 5.82 Å². The fourth-order valence-corrected chi connectivity index (χ4v) is 3.47. The molecular weight excluding hydrogens is 361 g/mol. The lowest BCUT2D eigenvalue weighted by Crippen LogP contribution is -2.17. The van der Waals surface area contributed by atoms with Crippen LogP contribution in [0.2, 0.25) is 0 Å². The number of rotatable bonds is 8. The van der Waals surface area contributed by atoms with Crippen molar-refractivity contribution in [1.82, 2.24) is 5.32 Å². The number of ether oxygens (including phenoxy) is 1. The Kier molecular flexibility index (Phi) is 6.18. The van der Waals surface area contributed by atoms with E-state index >= 15 is 0 Å². The second-order valence-electron chi connectivity index (χ2n) is 7.09. The molecule has 146 valence electrons. The van der Waals surface area contributed by atoms with Gasteiger partial charge in [-0.3, -0.25) is 0 Å². The Morgan fingerprint density at radius 1 is 0.724 bits per heavy atom. The number of hydrogen-bond acceptors (Lipinski definition) is 2. The Labute approximate surface area is 171 Å². The summed E-state index contributed by atoms with van der Waals surface area (Å²) in [7, 11) is 0. The molecule has 0 bridgehead atoms. The average molecular weight is 385 g/mol. The van der Waals surface area contributed by atoms with Gasteiger partial charge in [0.05, 0.1) is 0 Å². The van der Waals surface area contributed by atoms with E-state index in [1.165, 1.54) is 28.5 Å². The molecule has 29 heavy (non-hydrogen) atoms. The van der Waals surface area contributed by atoms with Crippen LogP contribution in [-0.4, -0.2) is 6.54 Å². The van der Waals surface area contributed by atoms with Crippen LogP contribution in [0.5, 0.6) is 5.75 Å². The molecule has 0 atom stereocenters. The molecule has 4 rings (SSSR count). The van der Waals surface area contributed by atoms with Crippen LogP contribution >= 0.6 is 0 Å². The summed E-state index contributed by atoms with van der Waals surface area (Å²) in [5, 5.41) is 5.95. The minimum absolute atomic E-state index is 0.234. The molecule has 4 aromatic rings. The Morgan fingerprint density at radius 3 is 2.31 bits per heavy atom. The van der Waals surface area contributed by atoms with Crippen molar-refractivity contribution in [2.24, 2.45) is 0 Å². The molecule has 0 saturated carbocycles. The molecule has 0 spiro atoms. The Morgan fingerprint density at radius 2 is 1.48 bits per heavy atom. The van der Waals surface area contributed by atoms with Crippen molar-refractivity contribution >= 4 is 10.8 Å². The van der Waals surface area contributed by atoms with Gasteiger partial charge in [0.25, 0.3) is 0 Å².